The summed E-state index contributed by atoms with van der Waals surface area (Å²) in [4.78, 5) is 13.0. The molecule has 40 heavy (non-hydrogen) atoms. The number of nitrogen functional groups attached to an aromatic ring is 1. The molecule has 2 aromatic heterocycles. The highest BCUT2D eigenvalue weighted by molar-refractivity contribution is 5.81. The lowest BCUT2D eigenvalue weighted by atomic mass is 10.1. The zero-order valence-corrected chi connectivity index (χ0v) is 22.0. The van der Waals surface area contributed by atoms with Gasteiger partial charge >= 0.3 is 0 Å². The van der Waals surface area contributed by atoms with Crippen molar-refractivity contribution in [3.8, 4) is 0 Å². The molecule has 5 aromatic rings. The summed E-state index contributed by atoms with van der Waals surface area (Å²) < 4.78 is 27.7. The third-order valence-corrected chi connectivity index (χ3v) is 6.91. The van der Waals surface area contributed by atoms with Gasteiger partial charge in [-0.2, -0.15) is 0 Å². The van der Waals surface area contributed by atoms with E-state index in [4.69, 9.17) is 24.7 Å². The molecule has 1 fully saturated rings. The standard InChI is InChI=1S/C31H31N5O4/c32-29-26-30(34-20-33-29)36(21-35-26)31-28(39-18-24-14-8-3-9-15-24)27(38-17-23-12-6-2-7-13-23)25(40-31)19-37-16-22-10-4-1-5-11-22/h1-15,20-21,25,27-28,31H,16-19H2,(H2,32,33,34)/t25-,27-,28+,31?/m1/s1. The van der Waals surface area contributed by atoms with Crippen LogP contribution in [0.2, 0.25) is 0 Å². The van der Waals surface area contributed by atoms with E-state index >= 15 is 0 Å². The fourth-order valence-electron chi connectivity index (χ4n) is 4.90. The first-order valence-corrected chi connectivity index (χ1v) is 13.3. The predicted octanol–water partition coefficient (Wildman–Crippen LogP) is 4.69. The number of nitrogens with zero attached hydrogens (tertiary/aromatic N) is 4. The molecule has 1 saturated heterocycles. The molecule has 9 nitrogen and oxygen atoms in total. The van der Waals surface area contributed by atoms with E-state index in [0.29, 0.717) is 43.4 Å². The van der Waals surface area contributed by atoms with E-state index in [1.807, 2.05) is 95.6 Å². The molecule has 4 atom stereocenters. The maximum absolute atomic E-state index is 6.64. The van der Waals surface area contributed by atoms with Gasteiger partial charge in [-0.15, -0.1) is 0 Å². The van der Waals surface area contributed by atoms with E-state index in [1.54, 1.807) is 6.33 Å². The van der Waals surface area contributed by atoms with Crippen molar-refractivity contribution in [2.24, 2.45) is 0 Å². The van der Waals surface area contributed by atoms with Crippen LogP contribution in [0.4, 0.5) is 5.82 Å². The van der Waals surface area contributed by atoms with Gasteiger partial charge in [0, 0.05) is 0 Å². The summed E-state index contributed by atoms with van der Waals surface area (Å²) in [6, 6.07) is 30.2. The van der Waals surface area contributed by atoms with Crippen LogP contribution >= 0.6 is 0 Å². The van der Waals surface area contributed by atoms with Crippen molar-refractivity contribution in [3.05, 3.63) is 120 Å². The Morgan fingerprint density at radius 1 is 0.700 bits per heavy atom. The van der Waals surface area contributed by atoms with Crippen molar-refractivity contribution < 1.29 is 18.9 Å². The van der Waals surface area contributed by atoms with Gasteiger partial charge in [-0.05, 0) is 16.7 Å². The summed E-state index contributed by atoms with van der Waals surface area (Å²) in [5.74, 6) is 0.308. The van der Waals surface area contributed by atoms with Crippen LogP contribution in [0.5, 0.6) is 0 Å². The van der Waals surface area contributed by atoms with Crippen molar-refractivity contribution in [1.82, 2.24) is 19.5 Å². The van der Waals surface area contributed by atoms with Crippen LogP contribution in [0.15, 0.2) is 104 Å². The largest absolute Gasteiger partial charge is 0.382 e. The van der Waals surface area contributed by atoms with Gasteiger partial charge in [-0.25, -0.2) is 15.0 Å². The number of rotatable bonds is 11. The molecule has 6 rings (SSSR count). The molecule has 9 heteroatoms. The molecule has 3 aromatic carbocycles. The van der Waals surface area contributed by atoms with Gasteiger partial charge in [0.1, 0.15) is 30.2 Å². The van der Waals surface area contributed by atoms with Crippen LogP contribution < -0.4 is 5.73 Å². The number of fused-ring (bicyclic) bond motifs is 1. The first-order chi connectivity index (χ1) is 19.8. The fourth-order valence-corrected chi connectivity index (χ4v) is 4.90. The maximum atomic E-state index is 6.64. The van der Waals surface area contributed by atoms with Crippen LogP contribution in [0.1, 0.15) is 22.9 Å². The van der Waals surface area contributed by atoms with Gasteiger partial charge in [-0.1, -0.05) is 91.0 Å². The molecule has 3 heterocycles. The second-order valence-corrected chi connectivity index (χ2v) is 9.67. The zero-order chi connectivity index (χ0) is 27.1. The molecule has 0 saturated carbocycles. The molecule has 2 N–H and O–H groups in total. The molecule has 0 aliphatic carbocycles. The normalized spacial score (nSPS) is 20.7. The Morgan fingerprint density at radius 2 is 1.27 bits per heavy atom. The highest BCUT2D eigenvalue weighted by Crippen LogP contribution is 2.37. The number of imidazole rings is 1. The van der Waals surface area contributed by atoms with Gasteiger partial charge in [0.25, 0.3) is 0 Å². The third kappa shape index (κ3) is 5.88. The first-order valence-electron chi connectivity index (χ1n) is 13.3. The van der Waals surface area contributed by atoms with E-state index in [1.165, 1.54) is 6.33 Å². The number of aromatic nitrogens is 4. The number of anilines is 1. The topological polar surface area (TPSA) is 107 Å². The van der Waals surface area contributed by atoms with E-state index in [-0.39, 0.29) is 0 Å². The summed E-state index contributed by atoms with van der Waals surface area (Å²) in [7, 11) is 0. The summed E-state index contributed by atoms with van der Waals surface area (Å²) in [5.41, 5.74) is 10.4. The fraction of sp³-hybridized carbons (Fsp3) is 0.258. The van der Waals surface area contributed by atoms with Crippen molar-refractivity contribution in [2.45, 2.75) is 44.4 Å². The van der Waals surface area contributed by atoms with Crippen LogP contribution in [-0.4, -0.2) is 44.4 Å². The molecular weight excluding hydrogens is 506 g/mol. The molecule has 0 spiro atoms. The quantitative estimate of drug-likeness (QED) is 0.259. The summed E-state index contributed by atoms with van der Waals surface area (Å²) in [5, 5.41) is 0. The van der Waals surface area contributed by atoms with E-state index in [2.05, 4.69) is 15.0 Å². The highest BCUT2D eigenvalue weighted by atomic mass is 16.6. The molecule has 1 aliphatic heterocycles. The van der Waals surface area contributed by atoms with E-state index < -0.39 is 24.5 Å². The van der Waals surface area contributed by atoms with Crippen molar-refractivity contribution in [1.29, 1.82) is 0 Å². The number of ether oxygens (including phenoxy) is 4. The Kier molecular flexibility index (Phi) is 8.06. The number of hydrogen-bond donors (Lipinski definition) is 1. The Labute approximate surface area is 232 Å². The monoisotopic (exact) mass is 537 g/mol. The summed E-state index contributed by atoms with van der Waals surface area (Å²) >= 11 is 0. The Balaban J connectivity index is 1.29. The average molecular weight is 538 g/mol. The van der Waals surface area contributed by atoms with Gasteiger partial charge in [0.2, 0.25) is 0 Å². The van der Waals surface area contributed by atoms with Crippen molar-refractivity contribution in [3.63, 3.8) is 0 Å². The van der Waals surface area contributed by atoms with Crippen molar-refractivity contribution in [2.75, 3.05) is 12.3 Å². The summed E-state index contributed by atoms with van der Waals surface area (Å²) in [6.07, 6.45) is 1.20. The van der Waals surface area contributed by atoms with Crippen LogP contribution in [0.3, 0.4) is 0 Å². The lowest BCUT2D eigenvalue weighted by molar-refractivity contribution is -0.0913. The Morgan fingerprint density at radius 3 is 1.90 bits per heavy atom. The second-order valence-electron chi connectivity index (χ2n) is 9.67. The first kappa shape index (κ1) is 26.1. The van der Waals surface area contributed by atoms with Gasteiger partial charge in [-0.3, -0.25) is 4.57 Å². The average Bonchev–Trinajstić information content (AvgIpc) is 3.58. The molecular formula is C31H31N5O4. The zero-order valence-electron chi connectivity index (χ0n) is 22.0. The highest BCUT2D eigenvalue weighted by Gasteiger charge is 2.48. The lowest BCUT2D eigenvalue weighted by Gasteiger charge is -2.25. The Hall–Kier alpha value is -4.15. The number of nitrogens with two attached hydrogens (primary N) is 1. The minimum absolute atomic E-state index is 0.308. The third-order valence-electron chi connectivity index (χ3n) is 6.91. The minimum atomic E-state index is -0.575. The van der Waals surface area contributed by atoms with Gasteiger partial charge < -0.3 is 24.7 Å². The number of benzene rings is 3. The maximum Gasteiger partial charge on any atom is 0.167 e. The molecule has 1 unspecified atom stereocenters. The van der Waals surface area contributed by atoms with Crippen LogP contribution in [0, 0.1) is 0 Å². The van der Waals surface area contributed by atoms with Crippen LogP contribution in [0.25, 0.3) is 11.2 Å². The molecule has 0 radical (unpaired) electrons. The van der Waals surface area contributed by atoms with Crippen molar-refractivity contribution >= 4 is 17.0 Å². The predicted molar refractivity (Wildman–Crippen MR) is 150 cm³/mol. The van der Waals surface area contributed by atoms with Crippen LogP contribution in [-0.2, 0) is 38.8 Å². The Bertz CT molecular complexity index is 1500. The second kappa shape index (κ2) is 12.4. The van der Waals surface area contributed by atoms with Gasteiger partial charge in [0.05, 0.1) is 32.8 Å². The minimum Gasteiger partial charge on any atom is -0.382 e. The lowest BCUT2D eigenvalue weighted by Crippen LogP contribution is -2.38. The molecule has 204 valence electrons. The molecule has 0 bridgehead atoms. The van der Waals surface area contributed by atoms with Gasteiger partial charge in [0.15, 0.2) is 17.7 Å². The summed E-state index contributed by atoms with van der Waals surface area (Å²) in [6.45, 7) is 1.57. The number of hydrogen-bond acceptors (Lipinski definition) is 8. The van der Waals surface area contributed by atoms with E-state index in [9.17, 15) is 0 Å². The molecule has 0 amide bonds. The van der Waals surface area contributed by atoms with E-state index in [0.717, 1.165) is 16.7 Å². The molecule has 1 aliphatic rings. The smallest absolute Gasteiger partial charge is 0.167 e. The SMILES string of the molecule is Nc1ncnc2c1ncn2C1O[C@H](COCc2ccccc2)[C@@H](OCc2ccccc2)[C@@H]1OCc1ccccc1.